The first kappa shape index (κ1) is 16.9. The third-order valence-electron chi connectivity index (χ3n) is 3.96. The summed E-state index contributed by atoms with van der Waals surface area (Å²) in [6.07, 6.45) is 8.23. The predicted octanol–water partition coefficient (Wildman–Crippen LogP) is 2.74. The van der Waals surface area contributed by atoms with Crippen molar-refractivity contribution in [2.45, 2.75) is 18.9 Å². The van der Waals surface area contributed by atoms with E-state index in [9.17, 15) is 9.18 Å². The molecule has 0 saturated carbocycles. The number of hydrogen-bond acceptors (Lipinski definition) is 3. The van der Waals surface area contributed by atoms with Crippen LogP contribution in [-0.4, -0.2) is 39.7 Å². The molecule has 1 fully saturated rings. The molecule has 1 unspecified atom stereocenters. The van der Waals surface area contributed by atoms with Gasteiger partial charge in [-0.25, -0.2) is 9.07 Å². The first-order chi connectivity index (χ1) is 11.5. The first-order valence-corrected chi connectivity index (χ1v) is 8.55. The number of halogens is 2. The molecule has 1 amide bonds. The highest BCUT2D eigenvalue weighted by molar-refractivity contribution is 9.10. The second-order valence-corrected chi connectivity index (χ2v) is 6.75. The van der Waals surface area contributed by atoms with Crippen LogP contribution in [0.4, 0.5) is 4.39 Å². The lowest BCUT2D eigenvalue weighted by molar-refractivity contribution is -0.127. The number of rotatable bonds is 3. The highest BCUT2D eigenvalue weighted by Gasteiger charge is 2.19. The summed E-state index contributed by atoms with van der Waals surface area (Å²) >= 11 is 3.28. The lowest BCUT2D eigenvalue weighted by atomic mass is 10.1. The van der Waals surface area contributed by atoms with E-state index in [2.05, 4.69) is 21.0 Å². The lowest BCUT2D eigenvalue weighted by Gasteiger charge is -2.29. The fourth-order valence-electron chi connectivity index (χ4n) is 2.73. The smallest absolute Gasteiger partial charge is 0.246 e. The molecule has 24 heavy (non-hydrogen) atoms. The quantitative estimate of drug-likeness (QED) is 0.816. The van der Waals surface area contributed by atoms with Gasteiger partial charge >= 0.3 is 0 Å². The molecule has 7 heteroatoms. The molecule has 126 valence electrons. The topological polar surface area (TPSA) is 64.2 Å². The molecule has 1 saturated heterocycles. The van der Waals surface area contributed by atoms with E-state index in [1.165, 1.54) is 16.8 Å². The summed E-state index contributed by atoms with van der Waals surface area (Å²) in [6.45, 7) is 1.29. The minimum atomic E-state index is -0.403. The van der Waals surface area contributed by atoms with Gasteiger partial charge in [-0.05, 0) is 52.5 Å². The monoisotopic (exact) mass is 392 g/mol. The fraction of sp³-hybridized carbons (Fsp3) is 0.294. The Morgan fingerprint density at radius 2 is 2.29 bits per heavy atom. The van der Waals surface area contributed by atoms with E-state index in [0.29, 0.717) is 17.8 Å². The minimum absolute atomic E-state index is 0.0428. The molecule has 2 heterocycles. The Morgan fingerprint density at radius 1 is 1.46 bits per heavy atom. The van der Waals surface area contributed by atoms with Gasteiger partial charge in [0.15, 0.2) is 0 Å². The number of carbonyl (C=O) groups excluding carboxylic acids is 1. The van der Waals surface area contributed by atoms with Gasteiger partial charge in [0.2, 0.25) is 5.91 Å². The van der Waals surface area contributed by atoms with E-state index < -0.39 is 5.82 Å². The molecule has 0 radical (unpaired) electrons. The Hall–Kier alpha value is -1.99. The zero-order valence-corrected chi connectivity index (χ0v) is 14.6. The van der Waals surface area contributed by atoms with E-state index in [-0.39, 0.29) is 11.9 Å². The maximum Gasteiger partial charge on any atom is 0.246 e. The summed E-state index contributed by atoms with van der Waals surface area (Å²) in [5.74, 6) is -0.495. The second kappa shape index (κ2) is 7.27. The Labute approximate surface area is 148 Å². The number of carbonyl (C=O) groups is 1. The van der Waals surface area contributed by atoms with Crippen LogP contribution >= 0.6 is 15.9 Å². The molecule has 1 atom stereocenters. The van der Waals surface area contributed by atoms with Crippen LogP contribution < -0.4 is 5.73 Å². The van der Waals surface area contributed by atoms with Crippen LogP contribution in [0.5, 0.6) is 0 Å². The molecule has 0 spiro atoms. The summed E-state index contributed by atoms with van der Waals surface area (Å²) in [4.78, 5) is 13.9. The van der Waals surface area contributed by atoms with Crippen molar-refractivity contribution in [2.24, 2.45) is 5.73 Å². The number of aromatic nitrogens is 2. The van der Waals surface area contributed by atoms with Crippen LogP contribution in [-0.2, 0) is 4.79 Å². The van der Waals surface area contributed by atoms with Gasteiger partial charge in [0.1, 0.15) is 11.5 Å². The molecule has 1 aromatic carbocycles. The standard InChI is InChI=1S/C17H18BrFN4O/c18-13-9-21-23(10-13)16-5-3-12(8-15(16)19)4-6-17(24)22-7-1-2-14(20)11-22/h3-6,8-10,14H,1-2,7,11,20H2. The number of likely N-dealkylation sites (tertiary alicyclic amines) is 1. The molecular formula is C17H18BrFN4O. The van der Waals surface area contributed by atoms with Gasteiger partial charge in [-0.2, -0.15) is 5.10 Å². The zero-order valence-electron chi connectivity index (χ0n) is 13.0. The SMILES string of the molecule is NC1CCCN(C(=O)C=Cc2ccc(-n3cc(Br)cn3)c(F)c2)C1. The molecule has 1 aliphatic heterocycles. The van der Waals surface area contributed by atoms with Crippen LogP contribution in [0.15, 0.2) is 41.1 Å². The van der Waals surface area contributed by atoms with Crippen molar-refractivity contribution < 1.29 is 9.18 Å². The molecule has 0 bridgehead atoms. The van der Waals surface area contributed by atoms with Gasteiger partial charge in [0.05, 0.1) is 10.7 Å². The van der Waals surface area contributed by atoms with E-state index in [0.717, 1.165) is 23.9 Å². The van der Waals surface area contributed by atoms with Gasteiger partial charge in [-0.15, -0.1) is 0 Å². The Balaban J connectivity index is 1.71. The van der Waals surface area contributed by atoms with Crippen LogP contribution in [0, 0.1) is 5.82 Å². The van der Waals surface area contributed by atoms with Crippen molar-refractivity contribution in [3.05, 3.63) is 52.5 Å². The predicted molar refractivity (Wildman–Crippen MR) is 94.0 cm³/mol. The zero-order chi connectivity index (χ0) is 17.1. The molecule has 5 nitrogen and oxygen atoms in total. The first-order valence-electron chi connectivity index (χ1n) is 7.75. The van der Waals surface area contributed by atoms with E-state index in [1.807, 2.05) is 0 Å². The lowest BCUT2D eigenvalue weighted by Crippen LogP contribution is -2.45. The van der Waals surface area contributed by atoms with Crippen molar-refractivity contribution in [3.8, 4) is 5.69 Å². The van der Waals surface area contributed by atoms with Crippen LogP contribution in [0.2, 0.25) is 0 Å². The van der Waals surface area contributed by atoms with Gasteiger partial charge in [-0.3, -0.25) is 4.79 Å². The summed E-state index contributed by atoms with van der Waals surface area (Å²) in [5.41, 5.74) is 6.86. The largest absolute Gasteiger partial charge is 0.338 e. The molecule has 1 aromatic heterocycles. The van der Waals surface area contributed by atoms with Gasteiger partial charge in [0.25, 0.3) is 0 Å². The Bertz CT molecular complexity index is 774. The van der Waals surface area contributed by atoms with Crippen molar-refractivity contribution in [1.82, 2.24) is 14.7 Å². The van der Waals surface area contributed by atoms with Crippen molar-refractivity contribution in [1.29, 1.82) is 0 Å². The average Bonchev–Trinajstić information content (AvgIpc) is 2.99. The number of nitrogens with zero attached hydrogens (tertiary/aromatic N) is 3. The highest BCUT2D eigenvalue weighted by atomic mass is 79.9. The molecular weight excluding hydrogens is 375 g/mol. The molecule has 3 rings (SSSR count). The number of nitrogens with two attached hydrogens (primary N) is 1. The number of piperidine rings is 1. The summed E-state index contributed by atoms with van der Waals surface area (Å²) in [6, 6.07) is 4.81. The fourth-order valence-corrected chi connectivity index (χ4v) is 3.01. The summed E-state index contributed by atoms with van der Waals surface area (Å²) in [5, 5.41) is 4.06. The van der Waals surface area contributed by atoms with Gasteiger partial charge in [0, 0.05) is 31.4 Å². The van der Waals surface area contributed by atoms with Gasteiger partial charge in [-0.1, -0.05) is 6.07 Å². The van der Waals surface area contributed by atoms with Gasteiger partial charge < -0.3 is 10.6 Å². The number of hydrogen-bond donors (Lipinski definition) is 1. The van der Waals surface area contributed by atoms with Crippen molar-refractivity contribution in [2.75, 3.05) is 13.1 Å². The Morgan fingerprint density at radius 3 is 2.96 bits per heavy atom. The maximum absolute atomic E-state index is 14.3. The molecule has 1 aliphatic rings. The summed E-state index contributed by atoms with van der Waals surface area (Å²) < 4.78 is 16.5. The third kappa shape index (κ3) is 3.91. The number of amides is 1. The molecule has 2 aromatic rings. The van der Waals surface area contributed by atoms with Crippen molar-refractivity contribution >= 4 is 27.9 Å². The second-order valence-electron chi connectivity index (χ2n) is 5.83. The third-order valence-corrected chi connectivity index (χ3v) is 4.37. The average molecular weight is 393 g/mol. The maximum atomic E-state index is 14.3. The van der Waals surface area contributed by atoms with E-state index in [4.69, 9.17) is 5.73 Å². The minimum Gasteiger partial charge on any atom is -0.338 e. The summed E-state index contributed by atoms with van der Waals surface area (Å²) in [7, 11) is 0. The van der Waals surface area contributed by atoms with Crippen molar-refractivity contribution in [3.63, 3.8) is 0 Å². The van der Waals surface area contributed by atoms with E-state index in [1.54, 1.807) is 35.5 Å². The normalized spacial score (nSPS) is 18.3. The highest BCUT2D eigenvalue weighted by Crippen LogP contribution is 2.18. The number of benzene rings is 1. The van der Waals surface area contributed by atoms with Crippen LogP contribution in [0.1, 0.15) is 18.4 Å². The van der Waals surface area contributed by atoms with Crippen LogP contribution in [0.3, 0.4) is 0 Å². The van der Waals surface area contributed by atoms with E-state index >= 15 is 0 Å². The molecule has 0 aliphatic carbocycles. The van der Waals surface area contributed by atoms with Crippen LogP contribution in [0.25, 0.3) is 11.8 Å². The molecule has 2 N–H and O–H groups in total. The Kier molecular flexibility index (Phi) is 5.11.